The number of nitrogens with zero attached hydrogens (tertiary/aromatic N) is 1. The van der Waals surface area contributed by atoms with Gasteiger partial charge in [-0.2, -0.15) is 5.26 Å². The average Bonchev–Trinajstić information content (AvgIpc) is 2.12. The standard InChI is InChI=1S/C8H5BrF2N2O/c9-7-4(1-2-12)13-5(8(10)11)3-6(7)14/h3,8H,1H2,(H,13,14). The van der Waals surface area contributed by atoms with Crippen LogP contribution in [-0.4, -0.2) is 4.98 Å². The lowest BCUT2D eigenvalue weighted by Crippen LogP contribution is -2.09. The first kappa shape index (κ1) is 10.9. The van der Waals surface area contributed by atoms with E-state index in [1.165, 1.54) is 0 Å². The molecule has 0 fully saturated rings. The summed E-state index contributed by atoms with van der Waals surface area (Å²) in [5.74, 6) is 0. The van der Waals surface area contributed by atoms with Gasteiger partial charge in [0.1, 0.15) is 0 Å². The van der Waals surface area contributed by atoms with Gasteiger partial charge in [-0.3, -0.25) is 4.79 Å². The zero-order valence-corrected chi connectivity index (χ0v) is 8.44. The van der Waals surface area contributed by atoms with Gasteiger partial charge in [0.15, 0.2) is 5.43 Å². The third kappa shape index (κ3) is 2.17. The van der Waals surface area contributed by atoms with Gasteiger partial charge in [-0.05, 0) is 15.9 Å². The molecule has 1 heterocycles. The van der Waals surface area contributed by atoms with Gasteiger partial charge in [0, 0.05) is 11.8 Å². The van der Waals surface area contributed by atoms with Gasteiger partial charge in [0.25, 0.3) is 6.43 Å². The Kier molecular flexibility index (Phi) is 3.36. The molecule has 0 radical (unpaired) electrons. The Balaban J connectivity index is 3.30. The van der Waals surface area contributed by atoms with Crippen molar-refractivity contribution in [3.8, 4) is 6.07 Å². The minimum atomic E-state index is -2.74. The Morgan fingerprint density at radius 2 is 2.29 bits per heavy atom. The molecule has 0 saturated carbocycles. The van der Waals surface area contributed by atoms with Crippen molar-refractivity contribution in [1.82, 2.24) is 4.98 Å². The second-order valence-electron chi connectivity index (χ2n) is 2.52. The highest BCUT2D eigenvalue weighted by molar-refractivity contribution is 9.10. The summed E-state index contributed by atoms with van der Waals surface area (Å²) < 4.78 is 24.6. The molecule has 74 valence electrons. The number of halogens is 3. The molecule has 0 atom stereocenters. The molecule has 1 aromatic heterocycles. The van der Waals surface area contributed by atoms with E-state index >= 15 is 0 Å². The largest absolute Gasteiger partial charge is 0.356 e. The molecular formula is C8H5BrF2N2O. The molecule has 0 aliphatic carbocycles. The van der Waals surface area contributed by atoms with Crippen molar-refractivity contribution >= 4 is 15.9 Å². The lowest BCUT2D eigenvalue weighted by atomic mass is 10.2. The summed E-state index contributed by atoms with van der Waals surface area (Å²) in [6.45, 7) is 0. The maximum Gasteiger partial charge on any atom is 0.278 e. The molecule has 6 heteroatoms. The smallest absolute Gasteiger partial charge is 0.278 e. The summed E-state index contributed by atoms with van der Waals surface area (Å²) in [6, 6.07) is 2.59. The number of nitriles is 1. The van der Waals surface area contributed by atoms with Crippen LogP contribution in [-0.2, 0) is 6.42 Å². The number of pyridine rings is 1. The number of H-pyrrole nitrogens is 1. The van der Waals surface area contributed by atoms with Crippen molar-refractivity contribution in [2.75, 3.05) is 0 Å². The van der Waals surface area contributed by atoms with Gasteiger partial charge in [-0.1, -0.05) is 0 Å². The lowest BCUT2D eigenvalue weighted by Gasteiger charge is -2.04. The van der Waals surface area contributed by atoms with E-state index in [1.54, 1.807) is 6.07 Å². The molecule has 1 aromatic rings. The van der Waals surface area contributed by atoms with Crippen LogP contribution < -0.4 is 5.43 Å². The van der Waals surface area contributed by atoms with Gasteiger partial charge >= 0.3 is 0 Å². The summed E-state index contributed by atoms with van der Waals surface area (Å²) in [5, 5.41) is 8.38. The fourth-order valence-corrected chi connectivity index (χ4v) is 1.29. The molecule has 0 spiro atoms. The van der Waals surface area contributed by atoms with E-state index in [9.17, 15) is 13.6 Å². The second-order valence-corrected chi connectivity index (χ2v) is 3.31. The number of aromatic nitrogens is 1. The SMILES string of the molecule is N#CCc1[nH]c(C(F)F)cc(=O)c1Br. The highest BCUT2D eigenvalue weighted by atomic mass is 79.9. The molecule has 0 bridgehead atoms. The highest BCUT2D eigenvalue weighted by Crippen LogP contribution is 2.18. The first-order valence-corrected chi connectivity index (χ1v) is 4.42. The molecule has 1 N–H and O–H groups in total. The van der Waals surface area contributed by atoms with Crippen LogP contribution >= 0.6 is 15.9 Å². The second kappa shape index (κ2) is 4.33. The van der Waals surface area contributed by atoms with E-state index < -0.39 is 17.5 Å². The van der Waals surface area contributed by atoms with E-state index in [0.717, 1.165) is 6.07 Å². The number of hydrogen-bond acceptors (Lipinski definition) is 2. The monoisotopic (exact) mass is 262 g/mol. The number of alkyl halides is 2. The zero-order valence-electron chi connectivity index (χ0n) is 6.85. The zero-order chi connectivity index (χ0) is 10.7. The minimum absolute atomic E-state index is 0.115. The maximum absolute atomic E-state index is 12.2. The topological polar surface area (TPSA) is 56.6 Å². The van der Waals surface area contributed by atoms with E-state index in [-0.39, 0.29) is 16.6 Å². The normalized spacial score (nSPS) is 10.2. The first-order chi connectivity index (χ1) is 6.56. The molecule has 0 amide bonds. The predicted octanol–water partition coefficient (Wildman–Crippen LogP) is 2.14. The summed E-state index contributed by atoms with van der Waals surface area (Å²) >= 11 is 2.92. The number of nitrogens with one attached hydrogen (secondary N) is 1. The van der Waals surface area contributed by atoms with Gasteiger partial charge < -0.3 is 4.98 Å². The van der Waals surface area contributed by atoms with Crippen LogP contribution in [0.3, 0.4) is 0 Å². The van der Waals surface area contributed by atoms with E-state index in [2.05, 4.69) is 20.9 Å². The Labute approximate surface area is 86.5 Å². The Hall–Kier alpha value is -1.22. The van der Waals surface area contributed by atoms with Crippen molar-refractivity contribution < 1.29 is 8.78 Å². The van der Waals surface area contributed by atoms with Crippen molar-refractivity contribution in [3.05, 3.63) is 32.2 Å². The van der Waals surface area contributed by atoms with Crippen molar-refractivity contribution in [3.63, 3.8) is 0 Å². The van der Waals surface area contributed by atoms with Crippen molar-refractivity contribution in [1.29, 1.82) is 5.26 Å². The number of aromatic amines is 1. The number of hydrogen-bond donors (Lipinski definition) is 1. The van der Waals surface area contributed by atoms with Crippen LogP contribution in [0.5, 0.6) is 0 Å². The molecular weight excluding hydrogens is 258 g/mol. The highest BCUT2D eigenvalue weighted by Gasteiger charge is 2.12. The Morgan fingerprint density at radius 1 is 1.64 bits per heavy atom. The molecule has 0 aliphatic heterocycles. The fraction of sp³-hybridized carbons (Fsp3) is 0.250. The molecule has 1 rings (SSSR count). The molecule has 14 heavy (non-hydrogen) atoms. The maximum atomic E-state index is 12.2. The van der Waals surface area contributed by atoms with E-state index in [1.807, 2.05) is 0 Å². The third-order valence-electron chi connectivity index (χ3n) is 1.55. The first-order valence-electron chi connectivity index (χ1n) is 3.63. The van der Waals surface area contributed by atoms with Crippen LogP contribution in [0, 0.1) is 11.3 Å². The van der Waals surface area contributed by atoms with Crippen molar-refractivity contribution in [2.24, 2.45) is 0 Å². The van der Waals surface area contributed by atoms with Crippen LogP contribution in [0.4, 0.5) is 8.78 Å². The van der Waals surface area contributed by atoms with Crippen molar-refractivity contribution in [2.45, 2.75) is 12.8 Å². The molecule has 3 nitrogen and oxygen atoms in total. The van der Waals surface area contributed by atoms with E-state index in [4.69, 9.17) is 5.26 Å². The van der Waals surface area contributed by atoms with Crippen LogP contribution in [0.15, 0.2) is 15.3 Å². The summed E-state index contributed by atoms with van der Waals surface area (Å²) in [4.78, 5) is 13.5. The summed E-state index contributed by atoms with van der Waals surface area (Å²) in [5.41, 5.74) is -0.844. The van der Waals surface area contributed by atoms with Crippen LogP contribution in [0.25, 0.3) is 0 Å². The van der Waals surface area contributed by atoms with Crippen LogP contribution in [0.2, 0.25) is 0 Å². The Morgan fingerprint density at radius 3 is 2.79 bits per heavy atom. The quantitative estimate of drug-likeness (QED) is 0.888. The van der Waals surface area contributed by atoms with Crippen LogP contribution in [0.1, 0.15) is 17.8 Å². The number of rotatable bonds is 2. The molecule has 0 saturated heterocycles. The molecule has 0 aliphatic rings. The lowest BCUT2D eigenvalue weighted by molar-refractivity contribution is 0.145. The van der Waals surface area contributed by atoms with Gasteiger partial charge in [0.05, 0.1) is 22.7 Å². The summed E-state index contributed by atoms with van der Waals surface area (Å²) in [6.07, 6.45) is -2.86. The van der Waals surface area contributed by atoms with Gasteiger partial charge in [-0.25, -0.2) is 8.78 Å². The summed E-state index contributed by atoms with van der Waals surface area (Å²) in [7, 11) is 0. The van der Waals surface area contributed by atoms with Gasteiger partial charge in [-0.15, -0.1) is 0 Å². The predicted molar refractivity (Wildman–Crippen MR) is 49.0 cm³/mol. The minimum Gasteiger partial charge on any atom is -0.356 e. The molecule has 0 aromatic carbocycles. The fourth-order valence-electron chi connectivity index (χ4n) is 0.937. The van der Waals surface area contributed by atoms with E-state index in [0.29, 0.717) is 0 Å². The Bertz CT molecular complexity index is 436. The third-order valence-corrected chi connectivity index (χ3v) is 2.42. The average molecular weight is 263 g/mol. The van der Waals surface area contributed by atoms with Gasteiger partial charge in [0.2, 0.25) is 0 Å². The molecule has 0 unspecified atom stereocenters.